The van der Waals surface area contributed by atoms with Gasteiger partial charge in [-0.1, -0.05) is 6.07 Å². The van der Waals surface area contributed by atoms with E-state index in [9.17, 15) is 27.6 Å². The molecule has 0 radical (unpaired) electrons. The Kier molecular flexibility index (Phi) is 5.62. The first-order chi connectivity index (χ1) is 13.2. The van der Waals surface area contributed by atoms with Gasteiger partial charge in [-0.25, -0.2) is 0 Å². The van der Waals surface area contributed by atoms with E-state index in [4.69, 9.17) is 0 Å². The van der Waals surface area contributed by atoms with Crippen molar-refractivity contribution in [3.05, 3.63) is 29.8 Å². The van der Waals surface area contributed by atoms with Crippen molar-refractivity contribution in [2.75, 3.05) is 31.6 Å². The van der Waals surface area contributed by atoms with Gasteiger partial charge < -0.3 is 15.1 Å². The molecule has 6 nitrogen and oxygen atoms in total. The molecule has 1 unspecified atom stereocenters. The average Bonchev–Trinajstić information content (AvgIpc) is 3.08. The minimum Gasteiger partial charge on any atom is -0.359 e. The van der Waals surface area contributed by atoms with Crippen LogP contribution in [0.3, 0.4) is 0 Å². The molecule has 1 N–H and O–H groups in total. The van der Waals surface area contributed by atoms with Crippen molar-refractivity contribution < 1.29 is 27.6 Å². The van der Waals surface area contributed by atoms with Gasteiger partial charge in [0, 0.05) is 44.7 Å². The van der Waals surface area contributed by atoms with Crippen molar-refractivity contribution in [1.29, 1.82) is 0 Å². The molecular weight excluding hydrogens is 375 g/mol. The fourth-order valence-electron chi connectivity index (χ4n) is 3.80. The second kappa shape index (κ2) is 7.81. The van der Waals surface area contributed by atoms with E-state index >= 15 is 0 Å². The topological polar surface area (TPSA) is 69.7 Å². The van der Waals surface area contributed by atoms with Crippen molar-refractivity contribution in [3.63, 3.8) is 0 Å². The first-order valence-corrected chi connectivity index (χ1v) is 9.18. The molecule has 0 aromatic heterocycles. The van der Waals surface area contributed by atoms with Crippen molar-refractivity contribution in [2.24, 2.45) is 11.8 Å². The van der Waals surface area contributed by atoms with Gasteiger partial charge in [0.15, 0.2) is 0 Å². The van der Waals surface area contributed by atoms with E-state index in [0.717, 1.165) is 12.1 Å². The van der Waals surface area contributed by atoms with Crippen LogP contribution in [0.25, 0.3) is 0 Å². The molecule has 2 heterocycles. The Hall–Kier alpha value is -2.58. The molecular formula is C19H22F3N3O3. The van der Waals surface area contributed by atoms with E-state index in [1.807, 2.05) is 0 Å². The largest absolute Gasteiger partial charge is 0.416 e. The Morgan fingerprint density at radius 2 is 1.82 bits per heavy atom. The van der Waals surface area contributed by atoms with Crippen LogP contribution < -0.4 is 10.2 Å². The number of likely N-dealkylation sites (tertiary alicyclic amines) is 1. The Morgan fingerprint density at radius 1 is 1.14 bits per heavy atom. The van der Waals surface area contributed by atoms with Crippen LogP contribution in [0.1, 0.15) is 24.8 Å². The first-order valence-electron chi connectivity index (χ1n) is 9.18. The SMILES string of the molecule is CNC(=O)C1CCN(C(=O)C2CC(=O)N(c3cccc(C(F)(F)F)c3)C2)CC1. The van der Waals surface area contributed by atoms with Crippen molar-refractivity contribution in [1.82, 2.24) is 10.2 Å². The maximum absolute atomic E-state index is 12.9. The smallest absolute Gasteiger partial charge is 0.359 e. The molecule has 3 rings (SSSR count). The van der Waals surface area contributed by atoms with Crippen molar-refractivity contribution in [2.45, 2.75) is 25.4 Å². The Labute approximate surface area is 160 Å². The molecule has 1 aromatic rings. The van der Waals surface area contributed by atoms with Crippen LogP contribution in [-0.2, 0) is 20.6 Å². The summed E-state index contributed by atoms with van der Waals surface area (Å²) in [6, 6.07) is 4.57. The molecule has 2 aliphatic rings. The number of anilines is 1. The molecule has 1 atom stereocenters. The van der Waals surface area contributed by atoms with Crippen LogP contribution in [0.15, 0.2) is 24.3 Å². The Morgan fingerprint density at radius 3 is 2.43 bits per heavy atom. The van der Waals surface area contributed by atoms with E-state index in [0.29, 0.717) is 25.9 Å². The molecule has 9 heteroatoms. The second-order valence-corrected chi connectivity index (χ2v) is 7.17. The zero-order valence-electron chi connectivity index (χ0n) is 15.5. The van der Waals surface area contributed by atoms with Crippen LogP contribution in [0.5, 0.6) is 0 Å². The van der Waals surface area contributed by atoms with Gasteiger partial charge >= 0.3 is 6.18 Å². The number of hydrogen-bond donors (Lipinski definition) is 1. The zero-order chi connectivity index (χ0) is 20.5. The van der Waals surface area contributed by atoms with E-state index in [2.05, 4.69) is 5.32 Å². The van der Waals surface area contributed by atoms with E-state index in [1.54, 1.807) is 11.9 Å². The van der Waals surface area contributed by atoms with Crippen molar-refractivity contribution in [3.8, 4) is 0 Å². The molecule has 0 aliphatic carbocycles. The number of amides is 3. The second-order valence-electron chi connectivity index (χ2n) is 7.17. The minimum absolute atomic E-state index is 0.0234. The van der Waals surface area contributed by atoms with E-state index < -0.39 is 17.7 Å². The fraction of sp³-hybridized carbons (Fsp3) is 0.526. The van der Waals surface area contributed by atoms with Crippen LogP contribution in [0.4, 0.5) is 18.9 Å². The highest BCUT2D eigenvalue weighted by molar-refractivity contribution is 6.00. The number of carbonyl (C=O) groups is 3. The lowest BCUT2D eigenvalue weighted by Crippen LogP contribution is -2.45. The maximum atomic E-state index is 12.9. The lowest BCUT2D eigenvalue weighted by Gasteiger charge is -2.32. The van der Waals surface area contributed by atoms with Gasteiger partial charge in [-0.15, -0.1) is 0 Å². The third-order valence-electron chi connectivity index (χ3n) is 5.38. The number of alkyl halides is 3. The predicted octanol–water partition coefficient (Wildman–Crippen LogP) is 2.04. The van der Waals surface area contributed by atoms with Gasteiger partial charge in [0.2, 0.25) is 17.7 Å². The normalized spacial score (nSPS) is 21.1. The molecule has 2 fully saturated rings. The molecule has 1 aromatic carbocycles. The van der Waals surface area contributed by atoms with E-state index in [1.165, 1.54) is 17.0 Å². The highest BCUT2D eigenvalue weighted by atomic mass is 19.4. The Bertz CT molecular complexity index is 773. The number of piperidine rings is 1. The molecule has 152 valence electrons. The zero-order valence-corrected chi connectivity index (χ0v) is 15.5. The number of nitrogens with one attached hydrogen (secondary N) is 1. The molecule has 0 spiro atoms. The summed E-state index contributed by atoms with van der Waals surface area (Å²) in [5.74, 6) is -1.30. The Balaban J connectivity index is 1.65. The lowest BCUT2D eigenvalue weighted by molar-refractivity contribution is -0.139. The quantitative estimate of drug-likeness (QED) is 0.849. The number of hydrogen-bond acceptors (Lipinski definition) is 3. The fourth-order valence-corrected chi connectivity index (χ4v) is 3.80. The number of benzene rings is 1. The summed E-state index contributed by atoms with van der Waals surface area (Å²) in [5, 5.41) is 2.60. The monoisotopic (exact) mass is 397 g/mol. The summed E-state index contributed by atoms with van der Waals surface area (Å²) in [5.41, 5.74) is -0.683. The molecule has 2 saturated heterocycles. The molecule has 3 amide bonds. The standard InChI is InChI=1S/C19H22F3N3O3/c1-23-17(27)12-5-7-24(8-6-12)18(28)13-9-16(26)25(11-13)15-4-2-3-14(10-15)19(20,21)22/h2-4,10,12-13H,5-9,11H2,1H3,(H,23,27). The minimum atomic E-state index is -4.50. The third-order valence-corrected chi connectivity index (χ3v) is 5.38. The summed E-state index contributed by atoms with van der Waals surface area (Å²) in [4.78, 5) is 39.7. The maximum Gasteiger partial charge on any atom is 0.416 e. The summed E-state index contributed by atoms with van der Waals surface area (Å²) in [6.45, 7) is 0.935. The lowest BCUT2D eigenvalue weighted by atomic mass is 9.94. The van der Waals surface area contributed by atoms with Gasteiger partial charge in [-0.3, -0.25) is 14.4 Å². The average molecular weight is 397 g/mol. The van der Waals surface area contributed by atoms with Gasteiger partial charge in [0.1, 0.15) is 0 Å². The van der Waals surface area contributed by atoms with Gasteiger partial charge in [0.05, 0.1) is 11.5 Å². The highest BCUT2D eigenvalue weighted by Crippen LogP contribution is 2.34. The van der Waals surface area contributed by atoms with Gasteiger partial charge in [-0.2, -0.15) is 13.2 Å². The van der Waals surface area contributed by atoms with Crippen LogP contribution in [0, 0.1) is 11.8 Å². The summed E-state index contributed by atoms with van der Waals surface area (Å²) in [6.07, 6.45) is -3.40. The van der Waals surface area contributed by atoms with Gasteiger partial charge in [-0.05, 0) is 31.0 Å². The van der Waals surface area contributed by atoms with Crippen LogP contribution >= 0.6 is 0 Å². The first kappa shape index (κ1) is 20.2. The molecule has 28 heavy (non-hydrogen) atoms. The number of carbonyl (C=O) groups excluding carboxylic acids is 3. The van der Waals surface area contributed by atoms with Crippen LogP contribution in [0.2, 0.25) is 0 Å². The summed E-state index contributed by atoms with van der Waals surface area (Å²) < 4.78 is 38.8. The van der Waals surface area contributed by atoms with E-state index in [-0.39, 0.29) is 42.3 Å². The molecule has 2 aliphatic heterocycles. The van der Waals surface area contributed by atoms with Crippen LogP contribution in [-0.4, -0.2) is 49.3 Å². The summed E-state index contributed by atoms with van der Waals surface area (Å²) >= 11 is 0. The highest BCUT2D eigenvalue weighted by Gasteiger charge is 2.39. The number of halogens is 3. The number of rotatable bonds is 3. The predicted molar refractivity (Wildman–Crippen MR) is 95.3 cm³/mol. The molecule has 0 saturated carbocycles. The third kappa shape index (κ3) is 4.13. The number of nitrogens with zero attached hydrogens (tertiary/aromatic N) is 2. The summed E-state index contributed by atoms with van der Waals surface area (Å²) in [7, 11) is 1.58. The molecule has 0 bridgehead atoms. The van der Waals surface area contributed by atoms with Gasteiger partial charge in [0.25, 0.3) is 0 Å². The van der Waals surface area contributed by atoms with Crippen molar-refractivity contribution >= 4 is 23.4 Å².